The zero-order chi connectivity index (χ0) is 18.9. The van der Waals surface area contributed by atoms with E-state index < -0.39 is 21.8 Å². The zero-order valence-electron chi connectivity index (χ0n) is 14.2. The van der Waals surface area contributed by atoms with E-state index in [4.69, 9.17) is 0 Å². The number of aryl methyl sites for hydroxylation is 1. The number of benzene rings is 2. The Balaban J connectivity index is 1.72. The molecule has 1 aliphatic rings. The van der Waals surface area contributed by atoms with E-state index in [-0.39, 0.29) is 18.0 Å². The van der Waals surface area contributed by atoms with E-state index in [1.165, 1.54) is 4.31 Å². The van der Waals surface area contributed by atoms with Crippen molar-refractivity contribution in [1.82, 2.24) is 4.31 Å². The smallest absolute Gasteiger partial charge is 0.369 e. The molecule has 0 saturated carbocycles. The van der Waals surface area contributed by atoms with Crippen LogP contribution >= 0.6 is 0 Å². The predicted octanol–water partition coefficient (Wildman–Crippen LogP) is 3.52. The van der Waals surface area contributed by atoms with Gasteiger partial charge in [0.2, 0.25) is 10.0 Å². The quantitative estimate of drug-likeness (QED) is 0.813. The van der Waals surface area contributed by atoms with Crippen LogP contribution in [-0.2, 0) is 16.2 Å². The standard InChI is InChI=1S/C18H19F3N2O2S/c1-14-3-2-4-16(13-14)22-9-11-23(12-10-22)26(24,25)17-7-5-15(6-8-17)18(19,20)21/h2-8,13H,9-12H2,1H3. The second-order valence-corrected chi connectivity index (χ2v) is 8.19. The predicted molar refractivity (Wildman–Crippen MR) is 93.6 cm³/mol. The molecule has 1 saturated heterocycles. The molecule has 8 heteroatoms. The fraction of sp³-hybridized carbons (Fsp3) is 0.333. The molecule has 0 atom stereocenters. The maximum atomic E-state index is 12.7. The summed E-state index contributed by atoms with van der Waals surface area (Å²) in [6.45, 7) is 3.63. The second-order valence-electron chi connectivity index (χ2n) is 6.25. The minimum atomic E-state index is -4.48. The molecule has 0 unspecified atom stereocenters. The van der Waals surface area contributed by atoms with Crippen LogP contribution in [0.5, 0.6) is 0 Å². The molecule has 1 heterocycles. The van der Waals surface area contributed by atoms with Gasteiger partial charge in [0.1, 0.15) is 0 Å². The Kier molecular flexibility index (Phi) is 4.98. The van der Waals surface area contributed by atoms with Crippen LogP contribution < -0.4 is 4.90 Å². The van der Waals surface area contributed by atoms with E-state index in [1.54, 1.807) is 0 Å². The largest absolute Gasteiger partial charge is 0.416 e. The molecule has 0 bridgehead atoms. The fourth-order valence-corrected chi connectivity index (χ4v) is 4.40. The van der Waals surface area contributed by atoms with Gasteiger partial charge in [-0.05, 0) is 48.9 Å². The van der Waals surface area contributed by atoms with E-state index in [0.717, 1.165) is 35.5 Å². The van der Waals surface area contributed by atoms with Gasteiger partial charge in [0.25, 0.3) is 0 Å². The van der Waals surface area contributed by atoms with Crippen LogP contribution in [0.4, 0.5) is 18.9 Å². The van der Waals surface area contributed by atoms with Crippen LogP contribution in [-0.4, -0.2) is 38.9 Å². The van der Waals surface area contributed by atoms with Gasteiger partial charge in [-0.25, -0.2) is 8.42 Å². The van der Waals surface area contributed by atoms with Gasteiger partial charge >= 0.3 is 6.18 Å². The molecule has 0 N–H and O–H groups in total. The first-order valence-electron chi connectivity index (χ1n) is 8.17. The van der Waals surface area contributed by atoms with Gasteiger partial charge in [0, 0.05) is 31.9 Å². The number of piperazine rings is 1. The lowest BCUT2D eigenvalue weighted by Crippen LogP contribution is -2.48. The molecule has 2 aromatic carbocycles. The lowest BCUT2D eigenvalue weighted by Gasteiger charge is -2.35. The second kappa shape index (κ2) is 6.92. The summed E-state index contributed by atoms with van der Waals surface area (Å²) < 4.78 is 64.6. The molecular weight excluding hydrogens is 365 g/mol. The molecule has 1 aliphatic heterocycles. The summed E-state index contributed by atoms with van der Waals surface area (Å²) in [5, 5.41) is 0. The summed E-state index contributed by atoms with van der Waals surface area (Å²) >= 11 is 0. The summed E-state index contributed by atoms with van der Waals surface area (Å²) in [5.74, 6) is 0. The van der Waals surface area contributed by atoms with Crippen LogP contribution in [0.15, 0.2) is 53.4 Å². The zero-order valence-corrected chi connectivity index (χ0v) is 15.0. The van der Waals surface area contributed by atoms with Gasteiger partial charge in [0.15, 0.2) is 0 Å². The topological polar surface area (TPSA) is 40.6 Å². The van der Waals surface area contributed by atoms with Crippen molar-refractivity contribution in [3.63, 3.8) is 0 Å². The van der Waals surface area contributed by atoms with E-state index in [2.05, 4.69) is 4.90 Å². The van der Waals surface area contributed by atoms with Crippen molar-refractivity contribution in [2.45, 2.75) is 18.0 Å². The first-order chi connectivity index (χ1) is 12.2. The van der Waals surface area contributed by atoms with Crippen LogP contribution in [0.1, 0.15) is 11.1 Å². The van der Waals surface area contributed by atoms with Crippen molar-refractivity contribution < 1.29 is 21.6 Å². The Morgan fingerprint density at radius 1 is 0.923 bits per heavy atom. The maximum Gasteiger partial charge on any atom is 0.416 e. The van der Waals surface area contributed by atoms with Crippen molar-refractivity contribution in [2.24, 2.45) is 0 Å². The molecule has 4 nitrogen and oxygen atoms in total. The van der Waals surface area contributed by atoms with Crippen LogP contribution in [0.25, 0.3) is 0 Å². The SMILES string of the molecule is Cc1cccc(N2CCN(S(=O)(=O)c3ccc(C(F)(F)F)cc3)CC2)c1. The van der Waals surface area contributed by atoms with Crippen molar-refractivity contribution >= 4 is 15.7 Å². The molecule has 26 heavy (non-hydrogen) atoms. The lowest BCUT2D eigenvalue weighted by molar-refractivity contribution is -0.137. The normalized spacial score (nSPS) is 16.7. The molecule has 0 radical (unpaired) electrons. The monoisotopic (exact) mass is 384 g/mol. The average Bonchev–Trinajstić information content (AvgIpc) is 2.61. The molecule has 1 fully saturated rings. The molecule has 0 aromatic heterocycles. The number of anilines is 1. The van der Waals surface area contributed by atoms with E-state index in [0.29, 0.717) is 13.1 Å². The Labute approximate surface area is 150 Å². The minimum absolute atomic E-state index is 0.116. The number of alkyl halides is 3. The highest BCUT2D eigenvalue weighted by Gasteiger charge is 2.32. The highest BCUT2D eigenvalue weighted by molar-refractivity contribution is 7.89. The molecular formula is C18H19F3N2O2S. The van der Waals surface area contributed by atoms with Gasteiger partial charge in [-0.15, -0.1) is 0 Å². The summed E-state index contributed by atoms with van der Waals surface area (Å²) in [7, 11) is -3.80. The van der Waals surface area contributed by atoms with Gasteiger partial charge in [-0.3, -0.25) is 0 Å². The molecule has 0 amide bonds. The van der Waals surface area contributed by atoms with Crippen molar-refractivity contribution in [3.8, 4) is 0 Å². The first kappa shape index (κ1) is 18.7. The minimum Gasteiger partial charge on any atom is -0.369 e. The van der Waals surface area contributed by atoms with E-state index >= 15 is 0 Å². The molecule has 140 valence electrons. The van der Waals surface area contributed by atoms with E-state index in [9.17, 15) is 21.6 Å². The van der Waals surface area contributed by atoms with Crippen LogP contribution in [0.2, 0.25) is 0 Å². The highest BCUT2D eigenvalue weighted by Crippen LogP contribution is 2.30. The van der Waals surface area contributed by atoms with Crippen molar-refractivity contribution in [3.05, 3.63) is 59.7 Å². The third-order valence-corrected chi connectivity index (χ3v) is 6.34. The van der Waals surface area contributed by atoms with Crippen molar-refractivity contribution in [2.75, 3.05) is 31.1 Å². The summed E-state index contributed by atoms with van der Waals surface area (Å²) in [5.41, 5.74) is 1.31. The van der Waals surface area contributed by atoms with Gasteiger partial charge in [-0.1, -0.05) is 12.1 Å². The van der Waals surface area contributed by atoms with Crippen LogP contribution in [0.3, 0.4) is 0 Å². The number of rotatable bonds is 3. The number of sulfonamides is 1. The molecule has 3 rings (SSSR count). The van der Waals surface area contributed by atoms with Gasteiger partial charge in [-0.2, -0.15) is 17.5 Å². The summed E-state index contributed by atoms with van der Waals surface area (Å²) in [6, 6.07) is 11.6. The Morgan fingerprint density at radius 2 is 1.54 bits per heavy atom. The third-order valence-electron chi connectivity index (χ3n) is 4.42. The molecule has 2 aromatic rings. The van der Waals surface area contributed by atoms with Crippen LogP contribution in [0, 0.1) is 6.92 Å². The van der Waals surface area contributed by atoms with Gasteiger partial charge in [0.05, 0.1) is 10.5 Å². The molecule has 0 aliphatic carbocycles. The number of hydrogen-bond acceptors (Lipinski definition) is 3. The number of nitrogens with zero attached hydrogens (tertiary/aromatic N) is 2. The number of hydrogen-bond donors (Lipinski definition) is 0. The first-order valence-corrected chi connectivity index (χ1v) is 9.61. The Bertz CT molecular complexity index is 872. The fourth-order valence-electron chi connectivity index (χ4n) is 2.98. The molecule has 0 spiro atoms. The van der Waals surface area contributed by atoms with Gasteiger partial charge < -0.3 is 4.90 Å². The highest BCUT2D eigenvalue weighted by atomic mass is 32.2. The average molecular weight is 384 g/mol. The van der Waals surface area contributed by atoms with E-state index in [1.807, 2.05) is 31.2 Å². The number of halogens is 3. The Morgan fingerprint density at radius 3 is 2.08 bits per heavy atom. The third kappa shape index (κ3) is 3.86. The summed E-state index contributed by atoms with van der Waals surface area (Å²) in [4.78, 5) is 1.99. The van der Waals surface area contributed by atoms with Crippen molar-refractivity contribution in [1.29, 1.82) is 0 Å². The lowest BCUT2D eigenvalue weighted by atomic mass is 10.2. The summed E-state index contributed by atoms with van der Waals surface area (Å²) in [6.07, 6.45) is -4.48. The Hall–Kier alpha value is -2.06. The maximum absolute atomic E-state index is 12.7.